The van der Waals surface area contributed by atoms with Crippen LogP contribution in [0.3, 0.4) is 0 Å². The van der Waals surface area contributed by atoms with E-state index >= 15 is 0 Å². The summed E-state index contributed by atoms with van der Waals surface area (Å²) in [5, 5.41) is 10.5. The van der Waals surface area contributed by atoms with Gasteiger partial charge in [-0.15, -0.1) is 0 Å². The second kappa shape index (κ2) is 5.81. The van der Waals surface area contributed by atoms with Crippen molar-refractivity contribution in [3.05, 3.63) is 69.7 Å². The second-order valence-corrected chi connectivity index (χ2v) is 6.07. The molecule has 5 heteroatoms. The van der Waals surface area contributed by atoms with Crippen LogP contribution >= 0.6 is 15.9 Å². The first-order valence-corrected chi connectivity index (χ1v) is 7.12. The summed E-state index contributed by atoms with van der Waals surface area (Å²) in [4.78, 5) is 0. The Labute approximate surface area is 129 Å². The Morgan fingerprint density at radius 1 is 1.00 bits per heavy atom. The van der Waals surface area contributed by atoms with E-state index in [1.54, 1.807) is 25.1 Å². The molecule has 2 aromatic carbocycles. The Balaban J connectivity index is 2.20. The molecule has 0 spiro atoms. The van der Waals surface area contributed by atoms with Crippen molar-refractivity contribution in [2.75, 3.05) is 0 Å². The SMILES string of the molecule is CC(O)(Cc1ccc(C(F)(F)F)cc1)c1cccc(Br)c1. The molecule has 0 aliphatic rings. The van der Waals surface area contributed by atoms with E-state index in [9.17, 15) is 18.3 Å². The number of aliphatic hydroxyl groups is 1. The van der Waals surface area contributed by atoms with E-state index in [1.807, 2.05) is 6.07 Å². The van der Waals surface area contributed by atoms with Gasteiger partial charge in [0, 0.05) is 10.9 Å². The summed E-state index contributed by atoms with van der Waals surface area (Å²) in [7, 11) is 0. The molecule has 1 nitrogen and oxygen atoms in total. The molecule has 0 saturated heterocycles. The Morgan fingerprint density at radius 2 is 1.62 bits per heavy atom. The molecule has 2 rings (SSSR count). The minimum absolute atomic E-state index is 0.238. The van der Waals surface area contributed by atoms with Gasteiger partial charge < -0.3 is 5.11 Å². The number of alkyl halides is 3. The third-order valence-corrected chi connectivity index (χ3v) is 3.77. The molecular weight excluding hydrogens is 345 g/mol. The van der Waals surface area contributed by atoms with E-state index in [1.165, 1.54) is 12.1 Å². The van der Waals surface area contributed by atoms with Gasteiger partial charge in [0.05, 0.1) is 11.2 Å². The maximum Gasteiger partial charge on any atom is 0.416 e. The lowest BCUT2D eigenvalue weighted by molar-refractivity contribution is -0.137. The molecule has 0 fully saturated rings. The molecule has 1 atom stereocenters. The molecule has 0 saturated carbocycles. The highest BCUT2D eigenvalue weighted by Gasteiger charge is 2.30. The van der Waals surface area contributed by atoms with Crippen molar-refractivity contribution in [3.63, 3.8) is 0 Å². The first-order valence-electron chi connectivity index (χ1n) is 6.33. The van der Waals surface area contributed by atoms with Crippen LogP contribution in [0.2, 0.25) is 0 Å². The van der Waals surface area contributed by atoms with Gasteiger partial charge in [-0.05, 0) is 42.3 Å². The quantitative estimate of drug-likeness (QED) is 0.825. The van der Waals surface area contributed by atoms with E-state index in [2.05, 4.69) is 15.9 Å². The fraction of sp³-hybridized carbons (Fsp3) is 0.250. The zero-order valence-electron chi connectivity index (χ0n) is 11.3. The molecular formula is C16H14BrF3O. The normalized spacial score (nSPS) is 14.8. The van der Waals surface area contributed by atoms with Gasteiger partial charge in [0.2, 0.25) is 0 Å². The largest absolute Gasteiger partial charge is 0.416 e. The van der Waals surface area contributed by atoms with Crippen LogP contribution in [0.25, 0.3) is 0 Å². The fourth-order valence-corrected chi connectivity index (χ4v) is 2.53. The molecule has 2 aromatic rings. The number of rotatable bonds is 3. The van der Waals surface area contributed by atoms with Gasteiger partial charge in [-0.25, -0.2) is 0 Å². The van der Waals surface area contributed by atoms with Gasteiger partial charge in [0.1, 0.15) is 0 Å². The van der Waals surface area contributed by atoms with Gasteiger partial charge in [-0.2, -0.15) is 13.2 Å². The molecule has 0 aromatic heterocycles. The Bertz CT molecular complexity index is 618. The molecule has 21 heavy (non-hydrogen) atoms. The minimum atomic E-state index is -4.34. The average molecular weight is 359 g/mol. The van der Waals surface area contributed by atoms with Crippen molar-refractivity contribution in [1.82, 2.24) is 0 Å². The van der Waals surface area contributed by atoms with E-state index in [0.29, 0.717) is 11.1 Å². The fourth-order valence-electron chi connectivity index (χ4n) is 2.13. The number of halogens is 4. The first-order chi connectivity index (χ1) is 9.68. The van der Waals surface area contributed by atoms with E-state index < -0.39 is 17.3 Å². The lowest BCUT2D eigenvalue weighted by Crippen LogP contribution is -2.24. The molecule has 0 amide bonds. The van der Waals surface area contributed by atoms with E-state index in [4.69, 9.17) is 0 Å². The van der Waals surface area contributed by atoms with Crippen molar-refractivity contribution in [2.45, 2.75) is 25.1 Å². The van der Waals surface area contributed by atoms with Crippen molar-refractivity contribution in [3.8, 4) is 0 Å². The maximum absolute atomic E-state index is 12.5. The maximum atomic E-state index is 12.5. The summed E-state index contributed by atoms with van der Waals surface area (Å²) >= 11 is 3.34. The molecule has 1 unspecified atom stereocenters. The zero-order valence-corrected chi connectivity index (χ0v) is 12.9. The summed E-state index contributed by atoms with van der Waals surface area (Å²) in [5.41, 5.74) is -0.484. The third kappa shape index (κ3) is 4.08. The number of hydrogen-bond acceptors (Lipinski definition) is 1. The highest BCUT2D eigenvalue weighted by atomic mass is 79.9. The Hall–Kier alpha value is -1.33. The predicted molar refractivity (Wildman–Crippen MR) is 78.9 cm³/mol. The van der Waals surface area contributed by atoms with Crippen LogP contribution in [-0.2, 0) is 18.2 Å². The minimum Gasteiger partial charge on any atom is -0.385 e. The zero-order chi connectivity index (χ0) is 15.7. The molecule has 0 aliphatic carbocycles. The molecule has 1 N–H and O–H groups in total. The monoisotopic (exact) mass is 358 g/mol. The van der Waals surface area contributed by atoms with Gasteiger partial charge in [0.15, 0.2) is 0 Å². The van der Waals surface area contributed by atoms with Crippen LogP contribution in [0.1, 0.15) is 23.6 Å². The first kappa shape index (κ1) is 16.0. The van der Waals surface area contributed by atoms with Crippen LogP contribution < -0.4 is 0 Å². The molecule has 112 valence electrons. The Morgan fingerprint density at radius 3 is 2.14 bits per heavy atom. The number of hydrogen-bond donors (Lipinski definition) is 1. The summed E-state index contributed by atoms with van der Waals surface area (Å²) in [6, 6.07) is 12.1. The smallest absolute Gasteiger partial charge is 0.385 e. The van der Waals surface area contributed by atoms with Crippen molar-refractivity contribution >= 4 is 15.9 Å². The van der Waals surface area contributed by atoms with Crippen LogP contribution in [0.15, 0.2) is 53.0 Å². The van der Waals surface area contributed by atoms with E-state index in [0.717, 1.165) is 16.6 Å². The van der Waals surface area contributed by atoms with Crippen molar-refractivity contribution < 1.29 is 18.3 Å². The lowest BCUT2D eigenvalue weighted by Gasteiger charge is -2.24. The van der Waals surface area contributed by atoms with Gasteiger partial charge >= 0.3 is 6.18 Å². The van der Waals surface area contributed by atoms with Gasteiger partial charge in [-0.1, -0.05) is 40.2 Å². The summed E-state index contributed by atoms with van der Waals surface area (Å²) in [6.07, 6.45) is -4.10. The summed E-state index contributed by atoms with van der Waals surface area (Å²) < 4.78 is 38.4. The average Bonchev–Trinajstić information content (AvgIpc) is 2.38. The van der Waals surface area contributed by atoms with Gasteiger partial charge in [-0.3, -0.25) is 0 Å². The third-order valence-electron chi connectivity index (χ3n) is 3.28. The lowest BCUT2D eigenvalue weighted by atomic mass is 9.89. The van der Waals surface area contributed by atoms with Crippen LogP contribution in [0.5, 0.6) is 0 Å². The molecule has 0 heterocycles. The summed E-state index contributed by atoms with van der Waals surface area (Å²) in [6.45, 7) is 1.65. The highest BCUT2D eigenvalue weighted by molar-refractivity contribution is 9.10. The topological polar surface area (TPSA) is 20.2 Å². The summed E-state index contributed by atoms with van der Waals surface area (Å²) in [5.74, 6) is 0. The van der Waals surface area contributed by atoms with E-state index in [-0.39, 0.29) is 6.42 Å². The van der Waals surface area contributed by atoms with Gasteiger partial charge in [0.25, 0.3) is 0 Å². The number of benzene rings is 2. The molecule has 0 radical (unpaired) electrons. The van der Waals surface area contributed by atoms with Crippen LogP contribution in [-0.4, -0.2) is 5.11 Å². The highest BCUT2D eigenvalue weighted by Crippen LogP contribution is 2.31. The molecule has 0 aliphatic heterocycles. The predicted octanol–water partition coefficient (Wildman–Crippen LogP) is 4.92. The van der Waals surface area contributed by atoms with Crippen LogP contribution in [0, 0.1) is 0 Å². The standard InChI is InChI=1S/C16H14BrF3O/c1-15(21,13-3-2-4-14(17)9-13)10-11-5-7-12(8-6-11)16(18,19)20/h2-9,21H,10H2,1H3. The Kier molecular flexibility index (Phi) is 4.44. The van der Waals surface area contributed by atoms with Crippen molar-refractivity contribution in [2.24, 2.45) is 0 Å². The molecule has 0 bridgehead atoms. The second-order valence-electron chi connectivity index (χ2n) is 5.16. The van der Waals surface area contributed by atoms with Crippen molar-refractivity contribution in [1.29, 1.82) is 0 Å². The van der Waals surface area contributed by atoms with Crippen LogP contribution in [0.4, 0.5) is 13.2 Å².